The number of aromatic amines is 1. The average molecular weight is 561 g/mol. The third kappa shape index (κ3) is 5.54. The minimum atomic E-state index is -0.537. The minimum absolute atomic E-state index is 0.188. The first-order chi connectivity index (χ1) is 17.9. The lowest BCUT2D eigenvalue weighted by Gasteiger charge is -2.23. The number of nitrogens with one attached hydrogen (secondary N) is 2. The molecule has 2 N–H and O–H groups in total. The minimum Gasteiger partial charge on any atom is -0.445 e. The van der Waals surface area contributed by atoms with Gasteiger partial charge in [0.15, 0.2) is 0 Å². The molecule has 1 aromatic heterocycles. The van der Waals surface area contributed by atoms with Crippen LogP contribution in [0.5, 0.6) is 0 Å². The number of carbonyl (C=O) groups is 2. The molecule has 1 fully saturated rings. The van der Waals surface area contributed by atoms with E-state index in [9.17, 15) is 9.59 Å². The summed E-state index contributed by atoms with van der Waals surface area (Å²) in [4.78, 5) is 35.4. The number of aromatic nitrogens is 2. The summed E-state index contributed by atoms with van der Waals surface area (Å²) < 4.78 is 6.52. The molecule has 0 unspecified atom stereocenters. The Hall–Kier alpha value is -3.65. The van der Waals surface area contributed by atoms with E-state index < -0.39 is 12.1 Å². The molecule has 1 aliphatic rings. The second-order valence-electron chi connectivity index (χ2n) is 9.44. The van der Waals surface area contributed by atoms with E-state index in [2.05, 4.69) is 46.1 Å². The van der Waals surface area contributed by atoms with Gasteiger partial charge in [0.1, 0.15) is 18.5 Å². The number of anilines is 1. The zero-order valence-corrected chi connectivity index (χ0v) is 22.5. The van der Waals surface area contributed by atoms with Crippen LogP contribution in [0.2, 0.25) is 0 Å². The van der Waals surface area contributed by atoms with Crippen LogP contribution in [0.3, 0.4) is 0 Å². The molecule has 1 atom stereocenters. The number of amides is 2. The number of imidazole rings is 1. The molecule has 37 heavy (non-hydrogen) atoms. The molecule has 1 saturated heterocycles. The van der Waals surface area contributed by atoms with Crippen LogP contribution in [-0.2, 0) is 22.6 Å². The first kappa shape index (κ1) is 25.0. The van der Waals surface area contributed by atoms with Gasteiger partial charge in [-0.15, -0.1) is 0 Å². The summed E-state index contributed by atoms with van der Waals surface area (Å²) in [6.07, 6.45) is 1.58. The number of aryl methyl sites for hydroxylation is 1. The molecule has 2 amide bonds. The fraction of sp³-hybridized carbons (Fsp3) is 0.276. The second kappa shape index (κ2) is 10.8. The van der Waals surface area contributed by atoms with Crippen molar-refractivity contribution in [3.8, 4) is 0 Å². The highest BCUT2D eigenvalue weighted by atomic mass is 79.9. The van der Waals surface area contributed by atoms with Crippen molar-refractivity contribution in [1.82, 2.24) is 14.9 Å². The number of fused-ring (bicyclic) bond motifs is 1. The number of H-pyrrole nitrogens is 1. The summed E-state index contributed by atoms with van der Waals surface area (Å²) in [6.45, 7) is 4.86. The van der Waals surface area contributed by atoms with Gasteiger partial charge in [0, 0.05) is 23.1 Å². The van der Waals surface area contributed by atoms with Crippen LogP contribution in [-0.4, -0.2) is 39.5 Å². The Morgan fingerprint density at radius 1 is 1.08 bits per heavy atom. The third-order valence-electron chi connectivity index (χ3n) is 6.92. The second-order valence-corrected chi connectivity index (χ2v) is 10.3. The summed E-state index contributed by atoms with van der Waals surface area (Å²) in [5.74, 6) is 0.693. The normalized spacial score (nSPS) is 15.2. The lowest BCUT2D eigenvalue weighted by Crippen LogP contribution is -2.43. The Kier molecular flexibility index (Phi) is 7.28. The third-order valence-corrected chi connectivity index (χ3v) is 7.74. The molecule has 3 aromatic carbocycles. The van der Waals surface area contributed by atoms with Gasteiger partial charge in [-0.3, -0.25) is 9.69 Å². The van der Waals surface area contributed by atoms with E-state index in [1.165, 1.54) is 10.5 Å². The smallest absolute Gasteiger partial charge is 0.410 e. The maximum Gasteiger partial charge on any atom is 0.410 e. The number of likely N-dealkylation sites (tertiary alicyclic amines) is 1. The molecule has 5 rings (SSSR count). The molecule has 0 saturated carbocycles. The van der Waals surface area contributed by atoms with E-state index in [1.807, 2.05) is 54.6 Å². The monoisotopic (exact) mass is 560 g/mol. The number of halogens is 1. The fourth-order valence-electron chi connectivity index (χ4n) is 4.69. The summed E-state index contributed by atoms with van der Waals surface area (Å²) >= 11 is 3.61. The van der Waals surface area contributed by atoms with Crippen molar-refractivity contribution in [2.75, 3.05) is 11.9 Å². The van der Waals surface area contributed by atoms with Crippen molar-refractivity contribution < 1.29 is 14.3 Å². The van der Waals surface area contributed by atoms with E-state index in [0.717, 1.165) is 44.4 Å². The summed E-state index contributed by atoms with van der Waals surface area (Å²) in [5.41, 5.74) is 7.04. The summed E-state index contributed by atoms with van der Waals surface area (Å²) in [6, 6.07) is 18.8. The molecule has 4 aromatic rings. The van der Waals surface area contributed by atoms with E-state index >= 15 is 0 Å². The molecule has 0 spiro atoms. The average Bonchev–Trinajstić information content (AvgIpc) is 3.55. The molecule has 1 aliphatic heterocycles. The van der Waals surface area contributed by atoms with Gasteiger partial charge in [0.2, 0.25) is 5.91 Å². The van der Waals surface area contributed by atoms with Crippen LogP contribution < -0.4 is 5.32 Å². The molecule has 7 nitrogen and oxygen atoms in total. The van der Waals surface area contributed by atoms with Crippen molar-refractivity contribution in [2.45, 2.75) is 45.8 Å². The summed E-state index contributed by atoms with van der Waals surface area (Å²) in [5, 5.41) is 2.96. The fourth-order valence-corrected chi connectivity index (χ4v) is 5.21. The first-order valence-corrected chi connectivity index (χ1v) is 13.2. The summed E-state index contributed by atoms with van der Waals surface area (Å²) in [7, 11) is 0. The number of rotatable bonds is 6. The SMILES string of the molecule is Cc1c(Br)cc2[nH]c(Cc3ccc(NC(=O)[C@@H]4CCCN4C(=O)OCc4ccccc4)cc3)nc2c1C. The Balaban J connectivity index is 1.19. The van der Waals surface area contributed by atoms with Gasteiger partial charge in [-0.1, -0.05) is 58.4 Å². The van der Waals surface area contributed by atoms with Crippen molar-refractivity contribution in [2.24, 2.45) is 0 Å². The van der Waals surface area contributed by atoms with Gasteiger partial charge in [-0.25, -0.2) is 9.78 Å². The van der Waals surface area contributed by atoms with Gasteiger partial charge in [-0.05, 0) is 67.1 Å². The van der Waals surface area contributed by atoms with Crippen molar-refractivity contribution in [3.63, 3.8) is 0 Å². The number of benzene rings is 3. The van der Waals surface area contributed by atoms with Crippen molar-refractivity contribution in [1.29, 1.82) is 0 Å². The quantitative estimate of drug-likeness (QED) is 0.291. The number of hydrogen-bond donors (Lipinski definition) is 2. The first-order valence-electron chi connectivity index (χ1n) is 12.4. The maximum atomic E-state index is 13.0. The topological polar surface area (TPSA) is 87.3 Å². The predicted molar refractivity (Wildman–Crippen MR) is 148 cm³/mol. The lowest BCUT2D eigenvalue weighted by atomic mass is 10.1. The van der Waals surface area contributed by atoms with E-state index in [-0.39, 0.29) is 12.5 Å². The highest BCUT2D eigenvalue weighted by Crippen LogP contribution is 2.28. The van der Waals surface area contributed by atoms with Crippen LogP contribution in [0.15, 0.2) is 65.1 Å². The zero-order chi connectivity index (χ0) is 25.9. The standard InChI is InChI=1S/C29H29BrN4O3/c1-18-19(2)27-24(16-23(18)30)32-26(33-27)15-20-10-12-22(13-11-20)31-28(35)25-9-6-14-34(25)29(36)37-17-21-7-4-3-5-8-21/h3-5,7-8,10-13,16,25H,6,9,14-15,17H2,1-2H3,(H,31,35)(H,32,33)/t25-/m0/s1. The van der Waals surface area contributed by atoms with Crippen molar-refractivity contribution in [3.05, 3.63) is 93.2 Å². The Morgan fingerprint density at radius 2 is 1.84 bits per heavy atom. The molecular formula is C29H29BrN4O3. The maximum absolute atomic E-state index is 13.0. The zero-order valence-electron chi connectivity index (χ0n) is 20.9. The van der Waals surface area contributed by atoms with Gasteiger partial charge in [0.05, 0.1) is 11.0 Å². The lowest BCUT2D eigenvalue weighted by molar-refractivity contribution is -0.120. The van der Waals surface area contributed by atoms with Crippen LogP contribution in [0.25, 0.3) is 11.0 Å². The number of nitrogens with zero attached hydrogens (tertiary/aromatic N) is 2. The van der Waals surface area contributed by atoms with E-state index in [4.69, 9.17) is 9.72 Å². The highest BCUT2D eigenvalue weighted by Gasteiger charge is 2.35. The van der Waals surface area contributed by atoms with Gasteiger partial charge < -0.3 is 15.0 Å². The van der Waals surface area contributed by atoms with Crippen LogP contribution in [0, 0.1) is 13.8 Å². The predicted octanol–water partition coefficient (Wildman–Crippen LogP) is 6.27. The molecule has 0 bridgehead atoms. The Morgan fingerprint density at radius 3 is 2.59 bits per heavy atom. The van der Waals surface area contributed by atoms with Gasteiger partial charge >= 0.3 is 6.09 Å². The van der Waals surface area contributed by atoms with Crippen LogP contribution in [0.4, 0.5) is 10.5 Å². The Labute approximate surface area is 224 Å². The number of ether oxygens (including phenoxy) is 1. The molecule has 2 heterocycles. The highest BCUT2D eigenvalue weighted by molar-refractivity contribution is 9.10. The largest absolute Gasteiger partial charge is 0.445 e. The molecule has 0 radical (unpaired) electrons. The number of hydrogen-bond acceptors (Lipinski definition) is 4. The van der Waals surface area contributed by atoms with Gasteiger partial charge in [-0.2, -0.15) is 0 Å². The van der Waals surface area contributed by atoms with Crippen LogP contribution >= 0.6 is 15.9 Å². The van der Waals surface area contributed by atoms with E-state index in [1.54, 1.807) is 0 Å². The van der Waals surface area contributed by atoms with Crippen molar-refractivity contribution >= 4 is 44.7 Å². The molecule has 8 heteroatoms. The molecular weight excluding hydrogens is 532 g/mol. The number of carbonyl (C=O) groups excluding carboxylic acids is 2. The molecule has 0 aliphatic carbocycles. The molecule has 190 valence electrons. The van der Waals surface area contributed by atoms with E-state index in [0.29, 0.717) is 25.1 Å². The van der Waals surface area contributed by atoms with Gasteiger partial charge in [0.25, 0.3) is 0 Å². The van der Waals surface area contributed by atoms with Crippen LogP contribution in [0.1, 0.15) is 40.9 Å². The Bertz CT molecular complexity index is 1430.